The molecule has 1 rings (SSSR count). The second-order valence-electron chi connectivity index (χ2n) is 2.66. The molecule has 0 bridgehead atoms. The van der Waals surface area contributed by atoms with E-state index in [1.807, 2.05) is 0 Å². The molecule has 0 fully saturated rings. The molecule has 0 unspecified atom stereocenters. The van der Waals surface area contributed by atoms with E-state index in [1.54, 1.807) is 12.2 Å². The Balaban J connectivity index is 2.42. The van der Waals surface area contributed by atoms with Crippen molar-refractivity contribution < 1.29 is 4.79 Å². The van der Waals surface area contributed by atoms with Gasteiger partial charge in [0.1, 0.15) is 0 Å². The average molecular weight is 151 g/mol. The Morgan fingerprint density at radius 3 is 3.09 bits per heavy atom. The molecule has 0 aromatic carbocycles. The average Bonchev–Trinajstić information content (AvgIpc) is 2.01. The molecule has 0 aromatic heterocycles. The van der Waals surface area contributed by atoms with Crippen LogP contribution in [0.1, 0.15) is 19.3 Å². The van der Waals surface area contributed by atoms with E-state index in [-0.39, 0.29) is 5.78 Å². The molecule has 2 nitrogen and oxygen atoms in total. The molecule has 0 saturated carbocycles. The molecule has 0 heterocycles. The first-order valence-corrected chi connectivity index (χ1v) is 3.91. The van der Waals surface area contributed by atoms with Gasteiger partial charge in [0, 0.05) is 24.7 Å². The van der Waals surface area contributed by atoms with Gasteiger partial charge in [-0.2, -0.15) is 0 Å². The lowest BCUT2D eigenvalue weighted by Crippen LogP contribution is -2.17. The Morgan fingerprint density at radius 2 is 2.45 bits per heavy atom. The first-order valence-electron chi connectivity index (χ1n) is 3.91. The largest absolute Gasteiger partial charge is 0.385 e. The summed E-state index contributed by atoms with van der Waals surface area (Å²) in [7, 11) is 0. The maximum absolute atomic E-state index is 10.9. The molecule has 60 valence electrons. The minimum Gasteiger partial charge on any atom is -0.385 e. The number of nitrogens with one attached hydrogen (secondary N) is 1. The summed E-state index contributed by atoms with van der Waals surface area (Å²) < 4.78 is 0. The van der Waals surface area contributed by atoms with Crippen molar-refractivity contribution in [3.63, 3.8) is 0 Å². The summed E-state index contributed by atoms with van der Waals surface area (Å²) in [5.74, 6) is 0.239. The van der Waals surface area contributed by atoms with Crippen LogP contribution in [0.5, 0.6) is 0 Å². The lowest BCUT2D eigenvalue weighted by molar-refractivity contribution is -0.115. The van der Waals surface area contributed by atoms with Gasteiger partial charge in [0.2, 0.25) is 0 Å². The highest BCUT2D eigenvalue weighted by molar-refractivity contribution is 5.91. The van der Waals surface area contributed by atoms with E-state index in [1.165, 1.54) is 0 Å². The van der Waals surface area contributed by atoms with Crippen LogP contribution in [0.25, 0.3) is 0 Å². The van der Waals surface area contributed by atoms with Gasteiger partial charge in [-0.3, -0.25) is 4.79 Å². The zero-order valence-corrected chi connectivity index (χ0v) is 6.60. The van der Waals surface area contributed by atoms with Gasteiger partial charge in [-0.1, -0.05) is 6.08 Å². The Morgan fingerprint density at radius 1 is 1.64 bits per heavy atom. The predicted molar refractivity (Wildman–Crippen MR) is 45.1 cm³/mol. The van der Waals surface area contributed by atoms with E-state index < -0.39 is 0 Å². The molecule has 0 aliphatic heterocycles. The second kappa shape index (κ2) is 3.96. The van der Waals surface area contributed by atoms with E-state index in [0.29, 0.717) is 6.42 Å². The smallest absolute Gasteiger partial charge is 0.157 e. The van der Waals surface area contributed by atoms with Crippen LogP contribution < -0.4 is 5.32 Å². The lowest BCUT2D eigenvalue weighted by Gasteiger charge is -2.12. The highest BCUT2D eigenvalue weighted by atomic mass is 16.1. The predicted octanol–water partition coefficient (Wildman–Crippen LogP) is 1.40. The van der Waals surface area contributed by atoms with Crippen LogP contribution in [-0.2, 0) is 4.79 Å². The molecule has 0 amide bonds. The minimum atomic E-state index is 0.239. The molecule has 0 spiro atoms. The standard InChI is InChI=1S/C9H13NO/c1-2-6-10-8-4-3-5-9(11)7-8/h2,7,10H,1,3-6H2. The summed E-state index contributed by atoms with van der Waals surface area (Å²) in [6, 6.07) is 0. The van der Waals surface area contributed by atoms with Gasteiger partial charge in [0.25, 0.3) is 0 Å². The zero-order valence-electron chi connectivity index (χ0n) is 6.60. The maximum Gasteiger partial charge on any atom is 0.157 e. The van der Waals surface area contributed by atoms with Crippen LogP contribution in [0.15, 0.2) is 24.4 Å². The minimum absolute atomic E-state index is 0.239. The molecule has 1 aliphatic rings. The molecule has 2 heteroatoms. The van der Waals surface area contributed by atoms with Gasteiger partial charge in [0.15, 0.2) is 5.78 Å². The normalized spacial score (nSPS) is 17.5. The molecule has 1 aliphatic carbocycles. The lowest BCUT2D eigenvalue weighted by atomic mass is 10.0. The second-order valence-corrected chi connectivity index (χ2v) is 2.66. The van der Waals surface area contributed by atoms with Gasteiger partial charge < -0.3 is 5.32 Å². The SMILES string of the molecule is C=CCNC1=CC(=O)CCC1. The molecule has 11 heavy (non-hydrogen) atoms. The Hall–Kier alpha value is -1.05. The molecule has 0 saturated heterocycles. The van der Waals surface area contributed by atoms with Crippen molar-refractivity contribution in [2.45, 2.75) is 19.3 Å². The maximum atomic E-state index is 10.9. The number of rotatable bonds is 3. The van der Waals surface area contributed by atoms with Gasteiger partial charge in [-0.25, -0.2) is 0 Å². The molecular formula is C9H13NO. The summed E-state index contributed by atoms with van der Waals surface area (Å²) in [5, 5.41) is 3.12. The van der Waals surface area contributed by atoms with Gasteiger partial charge in [-0.05, 0) is 12.8 Å². The third-order valence-electron chi connectivity index (χ3n) is 1.68. The third kappa shape index (κ3) is 2.58. The number of allylic oxidation sites excluding steroid dienone is 2. The Labute approximate surface area is 67.0 Å². The van der Waals surface area contributed by atoms with E-state index in [9.17, 15) is 4.79 Å². The quantitative estimate of drug-likeness (QED) is 0.618. The molecular weight excluding hydrogens is 138 g/mol. The Bertz CT molecular complexity index is 194. The van der Waals surface area contributed by atoms with Gasteiger partial charge >= 0.3 is 0 Å². The number of ketones is 1. The fourth-order valence-electron chi connectivity index (χ4n) is 1.13. The van der Waals surface area contributed by atoms with Crippen molar-refractivity contribution in [1.82, 2.24) is 5.32 Å². The highest BCUT2D eigenvalue weighted by Gasteiger charge is 2.07. The fourth-order valence-corrected chi connectivity index (χ4v) is 1.13. The van der Waals surface area contributed by atoms with Crippen molar-refractivity contribution in [3.8, 4) is 0 Å². The van der Waals surface area contributed by atoms with E-state index in [2.05, 4.69) is 11.9 Å². The van der Waals surface area contributed by atoms with Crippen LogP contribution >= 0.6 is 0 Å². The third-order valence-corrected chi connectivity index (χ3v) is 1.68. The summed E-state index contributed by atoms with van der Waals surface area (Å²) >= 11 is 0. The summed E-state index contributed by atoms with van der Waals surface area (Å²) in [5.41, 5.74) is 1.06. The van der Waals surface area contributed by atoms with Crippen molar-refractivity contribution in [3.05, 3.63) is 24.4 Å². The van der Waals surface area contributed by atoms with Crippen molar-refractivity contribution in [1.29, 1.82) is 0 Å². The molecule has 0 aromatic rings. The number of hydrogen-bond acceptors (Lipinski definition) is 2. The van der Waals surface area contributed by atoms with E-state index >= 15 is 0 Å². The van der Waals surface area contributed by atoms with Crippen LogP contribution in [0.3, 0.4) is 0 Å². The number of carbonyl (C=O) groups is 1. The number of carbonyl (C=O) groups excluding carboxylic acids is 1. The highest BCUT2D eigenvalue weighted by Crippen LogP contribution is 2.11. The van der Waals surface area contributed by atoms with E-state index in [4.69, 9.17) is 0 Å². The van der Waals surface area contributed by atoms with Crippen molar-refractivity contribution in [2.24, 2.45) is 0 Å². The summed E-state index contributed by atoms with van der Waals surface area (Å²) in [6.07, 6.45) is 6.18. The van der Waals surface area contributed by atoms with Crippen LogP contribution in [0.2, 0.25) is 0 Å². The van der Waals surface area contributed by atoms with Crippen LogP contribution in [0.4, 0.5) is 0 Å². The van der Waals surface area contributed by atoms with Crippen LogP contribution in [-0.4, -0.2) is 12.3 Å². The van der Waals surface area contributed by atoms with Crippen molar-refractivity contribution in [2.75, 3.05) is 6.54 Å². The fraction of sp³-hybridized carbons (Fsp3) is 0.444. The van der Waals surface area contributed by atoms with Gasteiger partial charge in [-0.15, -0.1) is 6.58 Å². The topological polar surface area (TPSA) is 29.1 Å². The van der Waals surface area contributed by atoms with E-state index in [0.717, 1.165) is 25.1 Å². The molecule has 1 N–H and O–H groups in total. The first-order chi connectivity index (χ1) is 5.33. The molecule has 0 atom stereocenters. The summed E-state index contributed by atoms with van der Waals surface area (Å²) in [4.78, 5) is 10.9. The van der Waals surface area contributed by atoms with Crippen molar-refractivity contribution >= 4 is 5.78 Å². The zero-order chi connectivity index (χ0) is 8.10. The van der Waals surface area contributed by atoms with Crippen LogP contribution in [0, 0.1) is 0 Å². The van der Waals surface area contributed by atoms with Gasteiger partial charge in [0.05, 0.1) is 0 Å². The molecule has 0 radical (unpaired) electrons. The Kier molecular flexibility index (Phi) is 2.90. The summed E-state index contributed by atoms with van der Waals surface area (Å²) in [6.45, 7) is 4.34. The first kappa shape index (κ1) is 8.05. The monoisotopic (exact) mass is 151 g/mol. The number of hydrogen-bond donors (Lipinski definition) is 1.